The number of imidazole rings is 1. The van der Waals surface area contributed by atoms with Gasteiger partial charge in [0.05, 0.1) is 16.8 Å². The van der Waals surface area contributed by atoms with E-state index in [2.05, 4.69) is 9.97 Å². The van der Waals surface area contributed by atoms with Crippen LogP contribution in [0.15, 0.2) is 55.1 Å². The van der Waals surface area contributed by atoms with Crippen LogP contribution in [0.25, 0.3) is 17.1 Å². The highest BCUT2D eigenvalue weighted by atomic mass is 19.4. The van der Waals surface area contributed by atoms with Gasteiger partial charge in [-0.25, -0.2) is 9.97 Å². The highest BCUT2D eigenvalue weighted by Crippen LogP contribution is 2.34. The summed E-state index contributed by atoms with van der Waals surface area (Å²) in [5.74, 6) is -0.0396. The third-order valence-electron chi connectivity index (χ3n) is 3.42. The van der Waals surface area contributed by atoms with E-state index in [1.807, 2.05) is 0 Å². The highest BCUT2D eigenvalue weighted by molar-refractivity contribution is 5.62. The second-order valence-electron chi connectivity index (χ2n) is 5.14. The van der Waals surface area contributed by atoms with Gasteiger partial charge in [0.2, 0.25) is 0 Å². The number of hydrogen-bond acceptors (Lipinski definition) is 2. The van der Waals surface area contributed by atoms with Crippen molar-refractivity contribution in [2.24, 2.45) is 0 Å². The molecular weight excluding hydrogens is 348 g/mol. The largest absolute Gasteiger partial charge is 0.416 e. The Hall–Kier alpha value is -2.84. The SMILES string of the molecule is FC(F)(F)c1ccc(-c2cc(C(F)(F)F)cc(-n3ccnc3)n2)cc1. The second-order valence-corrected chi connectivity index (χ2v) is 5.14. The van der Waals surface area contributed by atoms with E-state index >= 15 is 0 Å². The van der Waals surface area contributed by atoms with Gasteiger partial charge in [-0.15, -0.1) is 0 Å². The molecule has 0 saturated carbocycles. The highest BCUT2D eigenvalue weighted by Gasteiger charge is 2.32. The fourth-order valence-electron chi connectivity index (χ4n) is 2.18. The van der Waals surface area contributed by atoms with Crippen molar-refractivity contribution in [3.8, 4) is 17.1 Å². The van der Waals surface area contributed by atoms with Crippen molar-refractivity contribution in [1.29, 1.82) is 0 Å². The van der Waals surface area contributed by atoms with Crippen LogP contribution in [0.5, 0.6) is 0 Å². The van der Waals surface area contributed by atoms with Crippen LogP contribution >= 0.6 is 0 Å². The van der Waals surface area contributed by atoms with Crippen molar-refractivity contribution < 1.29 is 26.3 Å². The first-order valence-corrected chi connectivity index (χ1v) is 6.90. The van der Waals surface area contributed by atoms with Gasteiger partial charge >= 0.3 is 12.4 Å². The van der Waals surface area contributed by atoms with Crippen LogP contribution in [0.1, 0.15) is 11.1 Å². The molecule has 0 N–H and O–H groups in total. The molecule has 0 atom stereocenters. The zero-order chi connectivity index (χ0) is 18.2. The van der Waals surface area contributed by atoms with E-state index in [0.717, 1.165) is 36.4 Å². The zero-order valence-electron chi connectivity index (χ0n) is 12.3. The van der Waals surface area contributed by atoms with Gasteiger partial charge in [-0.1, -0.05) is 12.1 Å². The number of pyridine rings is 1. The van der Waals surface area contributed by atoms with Crippen LogP contribution < -0.4 is 0 Å². The summed E-state index contributed by atoms with van der Waals surface area (Å²) in [6.07, 6.45) is -5.08. The minimum absolute atomic E-state index is 0.0396. The Bertz CT molecular complexity index is 864. The molecule has 1 aromatic carbocycles. The average Bonchev–Trinajstić information content (AvgIpc) is 3.07. The van der Waals surface area contributed by atoms with Crippen molar-refractivity contribution in [3.05, 3.63) is 66.2 Å². The van der Waals surface area contributed by atoms with Crippen LogP contribution in [0.4, 0.5) is 26.3 Å². The van der Waals surface area contributed by atoms with Crippen molar-refractivity contribution in [2.45, 2.75) is 12.4 Å². The monoisotopic (exact) mass is 357 g/mol. The van der Waals surface area contributed by atoms with Crippen LogP contribution in [0.3, 0.4) is 0 Å². The standard InChI is InChI=1S/C16H9F6N3/c17-15(18,19)11-3-1-10(2-4-11)13-7-12(16(20,21)22)8-14(24-13)25-6-5-23-9-25/h1-9H. The Morgan fingerprint density at radius 1 is 0.800 bits per heavy atom. The van der Waals surface area contributed by atoms with Crippen molar-refractivity contribution >= 4 is 0 Å². The van der Waals surface area contributed by atoms with Gasteiger partial charge in [0.1, 0.15) is 12.1 Å². The first-order valence-electron chi connectivity index (χ1n) is 6.90. The number of nitrogens with zero attached hydrogens (tertiary/aromatic N) is 3. The maximum atomic E-state index is 13.1. The van der Waals surface area contributed by atoms with E-state index in [4.69, 9.17) is 0 Å². The van der Waals surface area contributed by atoms with E-state index in [0.29, 0.717) is 0 Å². The summed E-state index contributed by atoms with van der Waals surface area (Å²) in [4.78, 5) is 7.84. The lowest BCUT2D eigenvalue weighted by atomic mass is 10.1. The molecular formula is C16H9F6N3. The number of alkyl halides is 6. The fourth-order valence-corrected chi connectivity index (χ4v) is 2.18. The number of hydrogen-bond donors (Lipinski definition) is 0. The summed E-state index contributed by atoms with van der Waals surface area (Å²) in [5, 5.41) is 0. The van der Waals surface area contributed by atoms with Gasteiger partial charge in [0.15, 0.2) is 0 Å². The molecule has 0 spiro atoms. The summed E-state index contributed by atoms with van der Waals surface area (Å²) in [6.45, 7) is 0. The molecule has 3 aromatic rings. The van der Waals surface area contributed by atoms with Gasteiger partial charge in [-0.2, -0.15) is 26.3 Å². The minimum Gasteiger partial charge on any atom is -0.290 e. The maximum Gasteiger partial charge on any atom is 0.416 e. The molecule has 0 amide bonds. The van der Waals surface area contributed by atoms with Gasteiger partial charge in [-0.05, 0) is 24.3 Å². The average molecular weight is 357 g/mol. The lowest BCUT2D eigenvalue weighted by molar-refractivity contribution is -0.138. The Morgan fingerprint density at radius 2 is 1.44 bits per heavy atom. The molecule has 25 heavy (non-hydrogen) atoms. The van der Waals surface area contributed by atoms with Crippen molar-refractivity contribution in [1.82, 2.24) is 14.5 Å². The Morgan fingerprint density at radius 3 is 1.96 bits per heavy atom. The summed E-state index contributed by atoms with van der Waals surface area (Å²) in [5.41, 5.74) is -1.80. The van der Waals surface area contributed by atoms with Crippen LogP contribution in [-0.2, 0) is 12.4 Å². The molecule has 0 saturated heterocycles. The van der Waals surface area contributed by atoms with E-state index < -0.39 is 23.5 Å². The molecule has 130 valence electrons. The van der Waals surface area contributed by atoms with Crippen LogP contribution in [0, 0.1) is 0 Å². The molecule has 0 bridgehead atoms. The Labute approximate surface area is 137 Å². The van der Waals surface area contributed by atoms with Gasteiger partial charge in [0, 0.05) is 18.0 Å². The molecule has 0 radical (unpaired) electrons. The zero-order valence-corrected chi connectivity index (χ0v) is 12.3. The minimum atomic E-state index is -4.63. The first kappa shape index (κ1) is 17.0. The smallest absolute Gasteiger partial charge is 0.290 e. The number of rotatable bonds is 2. The molecule has 0 unspecified atom stereocenters. The summed E-state index contributed by atoms with van der Waals surface area (Å²) < 4.78 is 78.5. The van der Waals surface area contributed by atoms with Gasteiger partial charge in [0.25, 0.3) is 0 Å². The van der Waals surface area contributed by atoms with E-state index in [-0.39, 0.29) is 17.1 Å². The predicted molar refractivity (Wildman–Crippen MR) is 76.8 cm³/mol. The summed E-state index contributed by atoms with van der Waals surface area (Å²) in [6, 6.07) is 5.41. The quantitative estimate of drug-likeness (QED) is 0.606. The molecule has 3 rings (SSSR count). The molecule has 2 aromatic heterocycles. The third-order valence-corrected chi connectivity index (χ3v) is 3.42. The molecule has 0 fully saturated rings. The normalized spacial score (nSPS) is 12.4. The van der Waals surface area contributed by atoms with Gasteiger partial charge < -0.3 is 0 Å². The Balaban J connectivity index is 2.10. The summed E-state index contributed by atoms with van der Waals surface area (Å²) in [7, 11) is 0. The molecule has 0 aliphatic carbocycles. The molecule has 2 heterocycles. The number of benzene rings is 1. The number of halogens is 6. The lowest BCUT2D eigenvalue weighted by Crippen LogP contribution is -2.08. The van der Waals surface area contributed by atoms with Crippen molar-refractivity contribution in [2.75, 3.05) is 0 Å². The fraction of sp³-hybridized carbons (Fsp3) is 0.125. The Kier molecular flexibility index (Phi) is 4.02. The third kappa shape index (κ3) is 3.65. The maximum absolute atomic E-state index is 13.1. The van der Waals surface area contributed by atoms with Crippen LogP contribution in [0.2, 0.25) is 0 Å². The molecule has 3 nitrogen and oxygen atoms in total. The summed E-state index contributed by atoms with van der Waals surface area (Å²) >= 11 is 0. The lowest BCUT2D eigenvalue weighted by Gasteiger charge is -2.13. The van der Waals surface area contributed by atoms with E-state index in [1.165, 1.54) is 23.3 Å². The molecule has 0 aliphatic heterocycles. The van der Waals surface area contributed by atoms with E-state index in [1.54, 1.807) is 0 Å². The van der Waals surface area contributed by atoms with Gasteiger partial charge in [-0.3, -0.25) is 4.57 Å². The number of aromatic nitrogens is 3. The van der Waals surface area contributed by atoms with Crippen molar-refractivity contribution in [3.63, 3.8) is 0 Å². The topological polar surface area (TPSA) is 30.7 Å². The first-order chi connectivity index (χ1) is 11.6. The predicted octanol–water partition coefficient (Wildman–Crippen LogP) is 4.97. The van der Waals surface area contributed by atoms with E-state index in [9.17, 15) is 26.3 Å². The second kappa shape index (κ2) is 5.91. The molecule has 0 aliphatic rings. The van der Waals surface area contributed by atoms with Crippen LogP contribution in [-0.4, -0.2) is 14.5 Å². The molecule has 9 heteroatoms.